The molecule has 0 N–H and O–H groups in total. The van der Waals surface area contributed by atoms with E-state index in [0.717, 1.165) is 11.1 Å². The molecule has 5 rings (SSSR count). The minimum Gasteiger partial charge on any atom is -0.345 e. The molecule has 0 bridgehead atoms. The van der Waals surface area contributed by atoms with E-state index in [4.69, 9.17) is 18.9 Å². The van der Waals surface area contributed by atoms with Gasteiger partial charge in [0.05, 0.1) is 26.4 Å². The van der Waals surface area contributed by atoms with Crippen molar-refractivity contribution in [2.45, 2.75) is 37.3 Å². The summed E-state index contributed by atoms with van der Waals surface area (Å²) in [5.74, 6) is -1.10. The third-order valence-electron chi connectivity index (χ3n) is 6.69. The predicted octanol–water partition coefficient (Wildman–Crippen LogP) is 5.69. The zero-order chi connectivity index (χ0) is 22.0. The van der Waals surface area contributed by atoms with Crippen molar-refractivity contribution in [2.24, 2.45) is 0 Å². The molecule has 3 aromatic rings. The van der Waals surface area contributed by atoms with E-state index in [2.05, 4.69) is 54.6 Å². The van der Waals surface area contributed by atoms with Gasteiger partial charge in [-0.15, -0.1) is 0 Å². The number of ether oxygens (including phenoxy) is 4. The largest absolute Gasteiger partial charge is 0.345 e. The van der Waals surface area contributed by atoms with Gasteiger partial charge < -0.3 is 18.9 Å². The first-order valence-electron chi connectivity index (χ1n) is 11.3. The van der Waals surface area contributed by atoms with E-state index < -0.39 is 11.6 Å². The van der Waals surface area contributed by atoms with E-state index in [-0.39, 0.29) is 11.8 Å². The van der Waals surface area contributed by atoms with Crippen LogP contribution < -0.4 is 0 Å². The maximum Gasteiger partial charge on any atom is 0.191 e. The maximum atomic E-state index is 6.26. The number of rotatable bonds is 4. The van der Waals surface area contributed by atoms with E-state index in [0.29, 0.717) is 26.4 Å². The van der Waals surface area contributed by atoms with Crippen molar-refractivity contribution in [2.75, 3.05) is 26.4 Å². The molecule has 166 valence electrons. The highest BCUT2D eigenvalue weighted by atomic mass is 16.7. The third-order valence-corrected chi connectivity index (χ3v) is 6.69. The van der Waals surface area contributed by atoms with E-state index in [9.17, 15) is 0 Å². The molecule has 2 heterocycles. The van der Waals surface area contributed by atoms with Crippen LogP contribution in [0.15, 0.2) is 84.9 Å². The molecule has 0 amide bonds. The second kappa shape index (κ2) is 8.80. The standard InChI is InChI=1S/C28H30O4/c1-27(29-17-23(18-30-27)21-10-5-3-6-11-21)25-14-9-15-26(16-25)28(2)31-19-24(20-32-28)22-12-7-4-8-13-22/h3-16,23-24H,17-20H2,1-2H3. The fraction of sp³-hybridized carbons (Fsp3) is 0.357. The highest BCUT2D eigenvalue weighted by Gasteiger charge is 2.39. The summed E-state index contributed by atoms with van der Waals surface area (Å²) in [4.78, 5) is 0. The van der Waals surface area contributed by atoms with Crippen LogP contribution in [-0.4, -0.2) is 26.4 Å². The summed E-state index contributed by atoms with van der Waals surface area (Å²) in [6.45, 7) is 6.45. The molecule has 0 spiro atoms. The highest BCUT2D eigenvalue weighted by molar-refractivity contribution is 5.31. The molecule has 2 aliphatic rings. The second-order valence-corrected chi connectivity index (χ2v) is 8.93. The Hall–Kier alpha value is -2.50. The van der Waals surface area contributed by atoms with Crippen LogP contribution in [0, 0.1) is 0 Å². The molecule has 4 nitrogen and oxygen atoms in total. The molecule has 0 atom stereocenters. The molecular weight excluding hydrogens is 400 g/mol. The minimum absolute atomic E-state index is 0.241. The summed E-state index contributed by atoms with van der Waals surface area (Å²) < 4.78 is 25.1. The topological polar surface area (TPSA) is 36.9 Å². The smallest absolute Gasteiger partial charge is 0.191 e. The van der Waals surface area contributed by atoms with Gasteiger partial charge in [-0.3, -0.25) is 0 Å². The van der Waals surface area contributed by atoms with Crippen LogP contribution in [0.25, 0.3) is 0 Å². The molecule has 4 heteroatoms. The number of benzene rings is 3. The van der Waals surface area contributed by atoms with Gasteiger partial charge in [0.2, 0.25) is 0 Å². The summed E-state index contributed by atoms with van der Waals surface area (Å²) in [6.07, 6.45) is 0. The Morgan fingerprint density at radius 3 is 1.28 bits per heavy atom. The second-order valence-electron chi connectivity index (χ2n) is 8.93. The average molecular weight is 431 g/mol. The van der Waals surface area contributed by atoms with Gasteiger partial charge in [-0.2, -0.15) is 0 Å². The van der Waals surface area contributed by atoms with Crippen LogP contribution in [0.2, 0.25) is 0 Å². The first-order valence-corrected chi connectivity index (χ1v) is 11.3. The lowest BCUT2D eigenvalue weighted by atomic mass is 9.95. The van der Waals surface area contributed by atoms with Crippen LogP contribution in [-0.2, 0) is 30.5 Å². The monoisotopic (exact) mass is 430 g/mol. The van der Waals surface area contributed by atoms with Gasteiger partial charge >= 0.3 is 0 Å². The average Bonchev–Trinajstić information content (AvgIpc) is 2.86. The summed E-state index contributed by atoms with van der Waals surface area (Å²) >= 11 is 0. The van der Waals surface area contributed by atoms with Gasteiger partial charge in [0.25, 0.3) is 0 Å². The van der Waals surface area contributed by atoms with Crippen molar-refractivity contribution in [1.29, 1.82) is 0 Å². The lowest BCUT2D eigenvalue weighted by Crippen LogP contribution is -2.40. The van der Waals surface area contributed by atoms with E-state index in [1.54, 1.807) is 0 Å². The first kappa shape index (κ1) is 21.4. The lowest BCUT2D eigenvalue weighted by Gasteiger charge is -2.40. The van der Waals surface area contributed by atoms with Gasteiger partial charge in [0, 0.05) is 23.0 Å². The van der Waals surface area contributed by atoms with Crippen molar-refractivity contribution in [3.63, 3.8) is 0 Å². The molecule has 2 fully saturated rings. The van der Waals surface area contributed by atoms with Crippen LogP contribution in [0.5, 0.6) is 0 Å². The van der Waals surface area contributed by atoms with Crippen molar-refractivity contribution in [1.82, 2.24) is 0 Å². The first-order chi connectivity index (χ1) is 15.6. The summed E-state index contributed by atoms with van der Waals surface area (Å²) in [5, 5.41) is 0. The van der Waals surface area contributed by atoms with E-state index in [1.165, 1.54) is 11.1 Å². The van der Waals surface area contributed by atoms with Gasteiger partial charge in [-0.05, 0) is 31.0 Å². The van der Waals surface area contributed by atoms with Crippen molar-refractivity contribution < 1.29 is 18.9 Å². The quantitative estimate of drug-likeness (QED) is 0.533. The Kier molecular flexibility index (Phi) is 5.87. The SMILES string of the molecule is CC1(c2cccc(C3(C)OCC(c4ccccc4)CO3)c2)OCC(c2ccccc2)CO1. The van der Waals surface area contributed by atoms with Gasteiger partial charge in [0.1, 0.15) is 0 Å². The molecule has 0 unspecified atom stereocenters. The van der Waals surface area contributed by atoms with Gasteiger partial charge in [-0.25, -0.2) is 0 Å². The molecule has 2 saturated heterocycles. The Morgan fingerprint density at radius 2 is 0.906 bits per heavy atom. The Labute approximate surface area is 190 Å². The summed E-state index contributed by atoms with van der Waals surface area (Å²) in [6, 6.07) is 29.0. The van der Waals surface area contributed by atoms with E-state index >= 15 is 0 Å². The Balaban J connectivity index is 1.28. The van der Waals surface area contributed by atoms with Gasteiger partial charge in [-0.1, -0.05) is 78.9 Å². The molecule has 0 aromatic heterocycles. The summed E-state index contributed by atoms with van der Waals surface area (Å²) in [5.41, 5.74) is 4.43. The molecule has 2 aliphatic heterocycles. The van der Waals surface area contributed by atoms with Crippen LogP contribution >= 0.6 is 0 Å². The zero-order valence-corrected chi connectivity index (χ0v) is 18.7. The van der Waals surface area contributed by atoms with Crippen LogP contribution in [0.1, 0.15) is 47.9 Å². The summed E-state index contributed by atoms with van der Waals surface area (Å²) in [7, 11) is 0. The molecular formula is C28H30O4. The molecule has 0 radical (unpaired) electrons. The van der Waals surface area contributed by atoms with Crippen LogP contribution in [0.4, 0.5) is 0 Å². The van der Waals surface area contributed by atoms with Crippen molar-refractivity contribution in [3.8, 4) is 0 Å². The molecule has 0 saturated carbocycles. The normalized spacial score (nSPS) is 30.7. The highest BCUT2D eigenvalue weighted by Crippen LogP contribution is 2.39. The Morgan fingerprint density at radius 1 is 0.531 bits per heavy atom. The van der Waals surface area contributed by atoms with Crippen molar-refractivity contribution in [3.05, 3.63) is 107 Å². The zero-order valence-electron chi connectivity index (χ0n) is 18.7. The fourth-order valence-electron chi connectivity index (χ4n) is 4.47. The lowest BCUT2D eigenvalue weighted by molar-refractivity contribution is -0.275. The maximum absolute atomic E-state index is 6.26. The van der Waals surface area contributed by atoms with Crippen molar-refractivity contribution >= 4 is 0 Å². The molecule has 32 heavy (non-hydrogen) atoms. The number of hydrogen-bond acceptors (Lipinski definition) is 4. The Bertz CT molecular complexity index is 937. The fourth-order valence-corrected chi connectivity index (χ4v) is 4.47. The van der Waals surface area contributed by atoms with Gasteiger partial charge in [0.15, 0.2) is 11.6 Å². The van der Waals surface area contributed by atoms with E-state index in [1.807, 2.05) is 44.2 Å². The minimum atomic E-state index is -0.793. The molecule has 3 aromatic carbocycles. The third kappa shape index (κ3) is 4.24. The predicted molar refractivity (Wildman–Crippen MR) is 123 cm³/mol. The number of hydrogen-bond donors (Lipinski definition) is 0. The molecule has 0 aliphatic carbocycles. The van der Waals surface area contributed by atoms with Crippen LogP contribution in [0.3, 0.4) is 0 Å².